The highest BCUT2D eigenvalue weighted by molar-refractivity contribution is 5.79. The molecule has 3 nitrogen and oxygen atoms in total. The first-order chi connectivity index (χ1) is 10.7. The van der Waals surface area contributed by atoms with Crippen LogP contribution in [-0.2, 0) is 4.79 Å². The Morgan fingerprint density at radius 3 is 3.05 bits per heavy atom. The van der Waals surface area contributed by atoms with Crippen LogP contribution in [0.4, 0.5) is 5.69 Å². The third kappa shape index (κ3) is 3.05. The number of carbonyl (C=O) groups is 1. The lowest BCUT2D eigenvalue weighted by molar-refractivity contribution is -0.118. The Bertz CT molecular complexity index is 540. The van der Waals surface area contributed by atoms with Crippen molar-refractivity contribution in [1.82, 2.24) is 5.32 Å². The first-order valence-corrected chi connectivity index (χ1v) is 8.80. The van der Waals surface area contributed by atoms with Gasteiger partial charge in [0.25, 0.3) is 0 Å². The van der Waals surface area contributed by atoms with Crippen molar-refractivity contribution < 1.29 is 4.79 Å². The second-order valence-electron chi connectivity index (χ2n) is 6.81. The van der Waals surface area contributed by atoms with Crippen LogP contribution in [0, 0.1) is 6.92 Å². The number of fused-ring (bicyclic) bond motifs is 3. The fourth-order valence-electron chi connectivity index (χ4n) is 4.07. The molecule has 1 aromatic rings. The molecule has 1 N–H and O–H groups in total. The largest absolute Gasteiger partial charge is 0.367 e. The molecule has 1 fully saturated rings. The topological polar surface area (TPSA) is 32.3 Å². The molecule has 0 aromatic heterocycles. The molecule has 0 saturated carbocycles. The van der Waals surface area contributed by atoms with Crippen LogP contribution >= 0.6 is 0 Å². The summed E-state index contributed by atoms with van der Waals surface area (Å²) in [6, 6.07) is 7.40. The Morgan fingerprint density at radius 1 is 1.36 bits per heavy atom. The van der Waals surface area contributed by atoms with Crippen molar-refractivity contribution in [2.45, 2.75) is 57.9 Å². The molecule has 2 aliphatic rings. The number of anilines is 1. The molecule has 3 rings (SSSR count). The first kappa shape index (κ1) is 15.5. The summed E-state index contributed by atoms with van der Waals surface area (Å²) in [5, 5.41) is 3.59. The average Bonchev–Trinajstić information content (AvgIpc) is 2.66. The Balaban J connectivity index is 1.83. The molecule has 120 valence electrons. The fraction of sp³-hybridized carbons (Fsp3) is 0.632. The molecular formula is C19H28N2O. The molecule has 0 unspecified atom stereocenters. The van der Waals surface area contributed by atoms with Crippen molar-refractivity contribution in [2.24, 2.45) is 0 Å². The number of carbonyl (C=O) groups excluding carboxylic acids is 1. The van der Waals surface area contributed by atoms with Crippen LogP contribution in [0.25, 0.3) is 0 Å². The third-order valence-corrected chi connectivity index (χ3v) is 5.13. The van der Waals surface area contributed by atoms with Gasteiger partial charge < -0.3 is 10.2 Å². The zero-order valence-electron chi connectivity index (χ0n) is 13.9. The summed E-state index contributed by atoms with van der Waals surface area (Å²) in [6.45, 7) is 7.33. The molecule has 1 aromatic carbocycles. The van der Waals surface area contributed by atoms with E-state index in [0.29, 0.717) is 24.2 Å². The summed E-state index contributed by atoms with van der Waals surface area (Å²) < 4.78 is 0. The molecular weight excluding hydrogens is 272 g/mol. The fourth-order valence-corrected chi connectivity index (χ4v) is 4.07. The minimum Gasteiger partial charge on any atom is -0.367 e. The SMILES string of the molecule is CCCC(=O)CCN1c2ccc(C)cc2[C@@H]2CNCCC[C@@H]21. The van der Waals surface area contributed by atoms with Crippen LogP contribution in [0.2, 0.25) is 0 Å². The molecule has 0 amide bonds. The van der Waals surface area contributed by atoms with E-state index in [0.717, 1.165) is 32.5 Å². The number of hydrogen-bond acceptors (Lipinski definition) is 3. The van der Waals surface area contributed by atoms with E-state index in [-0.39, 0.29) is 0 Å². The Morgan fingerprint density at radius 2 is 2.23 bits per heavy atom. The van der Waals surface area contributed by atoms with Gasteiger partial charge in [0, 0.05) is 43.6 Å². The van der Waals surface area contributed by atoms with E-state index in [4.69, 9.17) is 0 Å². The van der Waals surface area contributed by atoms with Gasteiger partial charge in [-0.2, -0.15) is 0 Å². The molecule has 0 spiro atoms. The van der Waals surface area contributed by atoms with Gasteiger partial charge in [0.15, 0.2) is 0 Å². The Hall–Kier alpha value is -1.35. The van der Waals surface area contributed by atoms with Crippen LogP contribution in [0.1, 0.15) is 56.1 Å². The van der Waals surface area contributed by atoms with Crippen molar-refractivity contribution >= 4 is 11.5 Å². The zero-order valence-corrected chi connectivity index (χ0v) is 13.9. The van der Waals surface area contributed by atoms with Crippen molar-refractivity contribution in [1.29, 1.82) is 0 Å². The highest BCUT2D eigenvalue weighted by Crippen LogP contribution is 2.43. The maximum absolute atomic E-state index is 12.0. The van der Waals surface area contributed by atoms with Gasteiger partial charge in [-0.05, 0) is 44.4 Å². The molecule has 2 aliphatic heterocycles. The van der Waals surface area contributed by atoms with Crippen molar-refractivity contribution in [3.63, 3.8) is 0 Å². The number of aryl methyl sites for hydroxylation is 1. The predicted molar refractivity (Wildman–Crippen MR) is 91.7 cm³/mol. The normalized spacial score (nSPS) is 23.8. The van der Waals surface area contributed by atoms with Crippen molar-refractivity contribution in [2.75, 3.05) is 24.5 Å². The monoisotopic (exact) mass is 300 g/mol. The molecule has 0 aliphatic carbocycles. The number of benzene rings is 1. The van der Waals surface area contributed by atoms with E-state index in [1.165, 1.54) is 29.7 Å². The van der Waals surface area contributed by atoms with Crippen molar-refractivity contribution in [3.05, 3.63) is 29.3 Å². The molecule has 1 saturated heterocycles. The minimum atomic E-state index is 0.409. The van der Waals surface area contributed by atoms with Gasteiger partial charge in [0.2, 0.25) is 0 Å². The predicted octanol–water partition coefficient (Wildman–Crippen LogP) is 3.41. The van der Waals surface area contributed by atoms with Crippen LogP contribution in [0.15, 0.2) is 18.2 Å². The van der Waals surface area contributed by atoms with Gasteiger partial charge in [-0.15, -0.1) is 0 Å². The lowest BCUT2D eigenvalue weighted by Gasteiger charge is -2.29. The molecule has 2 heterocycles. The van der Waals surface area contributed by atoms with Crippen LogP contribution in [-0.4, -0.2) is 31.5 Å². The van der Waals surface area contributed by atoms with E-state index < -0.39 is 0 Å². The van der Waals surface area contributed by atoms with Gasteiger partial charge in [-0.25, -0.2) is 0 Å². The second kappa shape index (κ2) is 6.82. The van der Waals surface area contributed by atoms with Gasteiger partial charge in [0.05, 0.1) is 0 Å². The van der Waals surface area contributed by atoms with Gasteiger partial charge in [0.1, 0.15) is 5.78 Å². The standard InChI is InChI=1S/C19H28N2O/c1-3-5-15(22)9-11-21-18-6-4-10-20-13-17(18)16-12-14(2)7-8-19(16)21/h7-8,12,17-18,20H,3-6,9-11,13H2,1-2H3/t17-,18-/m0/s1. The lowest BCUT2D eigenvalue weighted by Crippen LogP contribution is -2.36. The van der Waals surface area contributed by atoms with Gasteiger partial charge in [-0.3, -0.25) is 4.79 Å². The number of Topliss-reactive ketones (excluding diaryl/α,β-unsaturated/α-hetero) is 1. The summed E-state index contributed by atoms with van der Waals surface area (Å²) >= 11 is 0. The smallest absolute Gasteiger partial charge is 0.134 e. The van der Waals surface area contributed by atoms with Gasteiger partial charge >= 0.3 is 0 Å². The number of ketones is 1. The summed E-state index contributed by atoms with van der Waals surface area (Å²) in [7, 11) is 0. The quantitative estimate of drug-likeness (QED) is 0.904. The van der Waals surface area contributed by atoms with E-state index in [9.17, 15) is 4.79 Å². The molecule has 0 bridgehead atoms. The number of hydrogen-bond donors (Lipinski definition) is 1. The molecule has 0 radical (unpaired) electrons. The van der Waals surface area contributed by atoms with Gasteiger partial charge in [-0.1, -0.05) is 24.6 Å². The minimum absolute atomic E-state index is 0.409. The number of rotatable bonds is 5. The van der Waals surface area contributed by atoms with E-state index in [1.807, 2.05) is 0 Å². The summed E-state index contributed by atoms with van der Waals surface area (Å²) in [6.07, 6.45) is 4.84. The second-order valence-corrected chi connectivity index (χ2v) is 6.81. The first-order valence-electron chi connectivity index (χ1n) is 8.80. The maximum atomic E-state index is 12.0. The molecule has 22 heavy (non-hydrogen) atoms. The molecule has 3 heteroatoms. The maximum Gasteiger partial charge on any atom is 0.134 e. The number of nitrogens with zero attached hydrogens (tertiary/aromatic N) is 1. The van der Waals surface area contributed by atoms with Crippen LogP contribution in [0.5, 0.6) is 0 Å². The summed E-state index contributed by atoms with van der Waals surface area (Å²) in [4.78, 5) is 14.5. The summed E-state index contributed by atoms with van der Waals surface area (Å²) in [5.41, 5.74) is 4.20. The zero-order chi connectivity index (χ0) is 15.5. The van der Waals surface area contributed by atoms with Crippen LogP contribution in [0.3, 0.4) is 0 Å². The van der Waals surface area contributed by atoms with E-state index >= 15 is 0 Å². The molecule has 2 atom stereocenters. The van der Waals surface area contributed by atoms with E-state index in [2.05, 4.69) is 42.3 Å². The lowest BCUT2D eigenvalue weighted by atomic mass is 9.92. The highest BCUT2D eigenvalue weighted by Gasteiger charge is 2.38. The van der Waals surface area contributed by atoms with Crippen LogP contribution < -0.4 is 10.2 Å². The highest BCUT2D eigenvalue weighted by atomic mass is 16.1. The average molecular weight is 300 g/mol. The Labute approximate surface area is 134 Å². The summed E-state index contributed by atoms with van der Waals surface area (Å²) in [5.74, 6) is 0.991. The Kier molecular flexibility index (Phi) is 4.82. The number of nitrogens with one attached hydrogen (secondary N) is 1. The van der Waals surface area contributed by atoms with Crippen molar-refractivity contribution in [3.8, 4) is 0 Å². The third-order valence-electron chi connectivity index (χ3n) is 5.13. The van der Waals surface area contributed by atoms with E-state index in [1.54, 1.807) is 0 Å².